The molecule has 1 heterocycles. The van der Waals surface area contributed by atoms with Crippen LogP contribution in [0.1, 0.15) is 0 Å². The fourth-order valence-corrected chi connectivity index (χ4v) is 3.17. The lowest BCUT2D eigenvalue weighted by atomic mass is 10.1. The van der Waals surface area contributed by atoms with Crippen LogP contribution in [-0.2, 0) is 4.79 Å². The van der Waals surface area contributed by atoms with Gasteiger partial charge in [-0.15, -0.1) is 10.2 Å². The van der Waals surface area contributed by atoms with E-state index in [4.69, 9.17) is 4.42 Å². The van der Waals surface area contributed by atoms with Crippen LogP contribution < -0.4 is 5.32 Å². The number of halogens is 2. The maximum atomic E-state index is 13.6. The summed E-state index contributed by atoms with van der Waals surface area (Å²) in [6.45, 7) is 0. The first-order valence-electron chi connectivity index (χ1n) is 8.29. The summed E-state index contributed by atoms with van der Waals surface area (Å²) in [4.78, 5) is 12.0. The van der Waals surface area contributed by atoms with Crippen molar-refractivity contribution in [3.05, 3.63) is 72.3 Å². The van der Waals surface area contributed by atoms with Crippen molar-refractivity contribution in [2.24, 2.45) is 0 Å². The number of carbonyl (C=O) groups is 1. The molecule has 0 unspecified atom stereocenters. The molecule has 0 atom stereocenters. The van der Waals surface area contributed by atoms with Crippen LogP contribution in [0.25, 0.3) is 22.2 Å². The van der Waals surface area contributed by atoms with Gasteiger partial charge in [-0.3, -0.25) is 4.79 Å². The number of nitrogens with zero attached hydrogens (tertiary/aromatic N) is 2. The van der Waals surface area contributed by atoms with E-state index in [0.29, 0.717) is 12.0 Å². The Balaban J connectivity index is 1.40. The molecule has 0 aliphatic rings. The number of rotatable bonds is 5. The average Bonchev–Trinajstić information content (AvgIpc) is 3.17. The second kappa shape index (κ2) is 7.77. The minimum atomic E-state index is -0.838. The molecule has 0 saturated carbocycles. The molecule has 1 N–H and O–H groups in total. The van der Waals surface area contributed by atoms with Crippen LogP contribution in [-0.4, -0.2) is 21.9 Å². The van der Waals surface area contributed by atoms with Gasteiger partial charge in [-0.05, 0) is 35.0 Å². The molecule has 0 radical (unpaired) electrons. The Kier molecular flexibility index (Phi) is 5.03. The van der Waals surface area contributed by atoms with E-state index in [9.17, 15) is 13.6 Å². The maximum Gasteiger partial charge on any atom is 0.277 e. The minimum Gasteiger partial charge on any atom is -0.411 e. The first kappa shape index (κ1) is 18.1. The van der Waals surface area contributed by atoms with Crippen molar-refractivity contribution in [3.8, 4) is 11.5 Å². The number of benzene rings is 3. The molecule has 3 aromatic carbocycles. The first-order chi connectivity index (χ1) is 13.6. The molecule has 1 amide bonds. The number of hydrogen-bond acceptors (Lipinski definition) is 5. The fourth-order valence-electron chi connectivity index (χ4n) is 2.61. The van der Waals surface area contributed by atoms with Gasteiger partial charge in [-0.1, -0.05) is 42.1 Å². The van der Waals surface area contributed by atoms with E-state index >= 15 is 0 Å². The molecule has 0 spiro atoms. The lowest BCUT2D eigenvalue weighted by molar-refractivity contribution is -0.113. The van der Waals surface area contributed by atoms with Crippen molar-refractivity contribution in [2.45, 2.75) is 5.22 Å². The number of thioether (sulfide) groups is 1. The third kappa shape index (κ3) is 4.01. The average molecular weight is 397 g/mol. The Morgan fingerprint density at radius 1 is 1.00 bits per heavy atom. The Labute approximate surface area is 162 Å². The van der Waals surface area contributed by atoms with Crippen LogP contribution in [0.15, 0.2) is 70.3 Å². The molecule has 140 valence electrons. The van der Waals surface area contributed by atoms with Crippen molar-refractivity contribution >= 4 is 34.1 Å². The zero-order valence-corrected chi connectivity index (χ0v) is 15.2. The summed E-state index contributed by atoms with van der Waals surface area (Å²) in [6, 6.07) is 16.6. The molecule has 0 saturated heterocycles. The Morgan fingerprint density at radius 2 is 1.82 bits per heavy atom. The fraction of sp³-hybridized carbons (Fsp3) is 0.0500. The minimum absolute atomic E-state index is 0.0594. The van der Waals surface area contributed by atoms with E-state index in [1.54, 1.807) is 0 Å². The number of carbonyl (C=O) groups excluding carboxylic acids is 1. The largest absolute Gasteiger partial charge is 0.411 e. The maximum absolute atomic E-state index is 13.6. The summed E-state index contributed by atoms with van der Waals surface area (Å²) in [7, 11) is 0. The highest BCUT2D eigenvalue weighted by Gasteiger charge is 2.13. The van der Waals surface area contributed by atoms with Crippen LogP contribution >= 0.6 is 11.8 Å². The van der Waals surface area contributed by atoms with Gasteiger partial charge >= 0.3 is 0 Å². The quantitative estimate of drug-likeness (QED) is 0.485. The number of fused-ring (bicyclic) bond motifs is 1. The van der Waals surface area contributed by atoms with Gasteiger partial charge in [0.2, 0.25) is 11.8 Å². The van der Waals surface area contributed by atoms with Crippen molar-refractivity contribution in [1.82, 2.24) is 10.2 Å². The van der Waals surface area contributed by atoms with Crippen LogP contribution in [0, 0.1) is 11.6 Å². The normalized spacial score (nSPS) is 10.9. The van der Waals surface area contributed by atoms with E-state index in [1.807, 2.05) is 42.5 Å². The van der Waals surface area contributed by atoms with Crippen LogP contribution in [0.4, 0.5) is 14.5 Å². The highest BCUT2D eigenvalue weighted by molar-refractivity contribution is 7.99. The predicted octanol–water partition coefficient (Wildman–Crippen LogP) is 4.90. The number of nitrogens with one attached hydrogen (secondary N) is 1. The van der Waals surface area contributed by atoms with Crippen molar-refractivity contribution in [3.63, 3.8) is 0 Å². The van der Waals surface area contributed by atoms with Gasteiger partial charge in [0.05, 0.1) is 11.4 Å². The molecule has 0 aliphatic heterocycles. The van der Waals surface area contributed by atoms with Crippen molar-refractivity contribution < 1.29 is 18.0 Å². The van der Waals surface area contributed by atoms with Gasteiger partial charge in [-0.2, -0.15) is 0 Å². The van der Waals surface area contributed by atoms with E-state index in [2.05, 4.69) is 15.5 Å². The zero-order valence-electron chi connectivity index (χ0n) is 14.4. The molecule has 5 nitrogen and oxygen atoms in total. The highest BCUT2D eigenvalue weighted by atomic mass is 32.2. The molecular weight excluding hydrogens is 384 g/mol. The number of anilines is 1. The number of hydrogen-bond donors (Lipinski definition) is 1. The Bertz CT molecular complexity index is 1160. The van der Waals surface area contributed by atoms with E-state index in [-0.39, 0.29) is 16.7 Å². The van der Waals surface area contributed by atoms with Gasteiger partial charge in [-0.25, -0.2) is 8.78 Å². The van der Waals surface area contributed by atoms with Gasteiger partial charge < -0.3 is 9.73 Å². The molecule has 28 heavy (non-hydrogen) atoms. The Morgan fingerprint density at radius 3 is 2.64 bits per heavy atom. The van der Waals surface area contributed by atoms with Crippen molar-refractivity contribution in [2.75, 3.05) is 11.1 Å². The standard InChI is InChI=1S/C20H13F2N3O2S/c21-15-7-8-17(16(22)10-15)23-18(26)11-28-20-25-24-19(27-20)14-6-5-12-3-1-2-4-13(12)9-14/h1-10H,11H2,(H,23,26). The van der Waals surface area contributed by atoms with Crippen molar-refractivity contribution in [1.29, 1.82) is 0 Å². The molecule has 0 bridgehead atoms. The highest BCUT2D eigenvalue weighted by Crippen LogP contribution is 2.26. The van der Waals surface area contributed by atoms with Crippen LogP contribution in [0.3, 0.4) is 0 Å². The molecule has 4 aromatic rings. The third-order valence-electron chi connectivity index (χ3n) is 3.93. The van der Waals surface area contributed by atoms with E-state index in [0.717, 1.165) is 40.2 Å². The van der Waals surface area contributed by atoms with Gasteiger partial charge in [0.25, 0.3) is 5.22 Å². The first-order valence-corrected chi connectivity index (χ1v) is 9.27. The second-order valence-corrected chi connectivity index (χ2v) is 6.82. The molecule has 0 fully saturated rings. The summed E-state index contributed by atoms with van der Waals surface area (Å²) in [5.41, 5.74) is 0.685. The molecule has 4 rings (SSSR count). The van der Waals surface area contributed by atoms with Gasteiger partial charge in [0.15, 0.2) is 0 Å². The summed E-state index contributed by atoms with van der Waals surface area (Å²) < 4.78 is 32.1. The second-order valence-electron chi connectivity index (χ2n) is 5.90. The predicted molar refractivity (Wildman–Crippen MR) is 103 cm³/mol. The molecule has 1 aromatic heterocycles. The topological polar surface area (TPSA) is 68.0 Å². The lowest BCUT2D eigenvalue weighted by Gasteiger charge is -2.05. The summed E-state index contributed by atoms with van der Waals surface area (Å²) in [5.74, 6) is -1.73. The molecule has 0 aliphatic carbocycles. The van der Waals surface area contributed by atoms with E-state index < -0.39 is 17.5 Å². The Hall–Kier alpha value is -3.26. The summed E-state index contributed by atoms with van der Waals surface area (Å²) in [5, 5.41) is 12.7. The van der Waals surface area contributed by atoms with Crippen LogP contribution in [0.5, 0.6) is 0 Å². The summed E-state index contributed by atoms with van der Waals surface area (Å²) >= 11 is 1.03. The molecule has 8 heteroatoms. The summed E-state index contributed by atoms with van der Waals surface area (Å²) in [6.07, 6.45) is 0. The SMILES string of the molecule is O=C(CSc1nnc(-c2ccc3ccccc3c2)o1)Nc1ccc(F)cc1F. The molecular formula is C20H13F2N3O2S. The third-order valence-corrected chi connectivity index (χ3v) is 4.75. The van der Waals surface area contributed by atoms with Gasteiger partial charge in [0.1, 0.15) is 11.6 Å². The van der Waals surface area contributed by atoms with E-state index in [1.165, 1.54) is 0 Å². The van der Waals surface area contributed by atoms with Crippen LogP contribution in [0.2, 0.25) is 0 Å². The number of aromatic nitrogens is 2. The smallest absolute Gasteiger partial charge is 0.277 e. The number of amides is 1. The lowest BCUT2D eigenvalue weighted by Crippen LogP contribution is -2.15. The monoisotopic (exact) mass is 397 g/mol. The zero-order chi connectivity index (χ0) is 19.5. The van der Waals surface area contributed by atoms with Gasteiger partial charge in [0, 0.05) is 11.6 Å².